The molecule has 0 saturated heterocycles. The molecule has 2 aromatic rings. The van der Waals surface area contributed by atoms with Crippen molar-refractivity contribution in [3.05, 3.63) is 54.1 Å². The first-order valence-corrected chi connectivity index (χ1v) is 8.99. The maximum atomic E-state index is 12.1. The number of aryl methyl sites for hydroxylation is 1. The van der Waals surface area contributed by atoms with Gasteiger partial charge in [0.05, 0.1) is 5.75 Å². The third-order valence-corrected chi connectivity index (χ3v) is 5.01. The van der Waals surface area contributed by atoms with Crippen molar-refractivity contribution in [1.82, 2.24) is 0 Å². The van der Waals surface area contributed by atoms with E-state index in [1.165, 1.54) is 17.3 Å². The first-order chi connectivity index (χ1) is 11.6. The van der Waals surface area contributed by atoms with Gasteiger partial charge in [0.15, 0.2) is 0 Å². The topological polar surface area (TPSA) is 58.2 Å². The third-order valence-electron chi connectivity index (χ3n) is 3.84. The first kappa shape index (κ1) is 16.6. The minimum atomic E-state index is -0.0435. The fourth-order valence-electron chi connectivity index (χ4n) is 2.29. The smallest absolute Gasteiger partial charge is 0.234 e. The number of hydrogen-bond acceptors (Lipinski definition) is 3. The molecule has 24 heavy (non-hydrogen) atoms. The van der Waals surface area contributed by atoms with Crippen LogP contribution in [0, 0.1) is 12.8 Å². The molecule has 0 radical (unpaired) electrons. The number of carbonyl (C=O) groups is 2. The van der Waals surface area contributed by atoms with Crippen LogP contribution in [0.15, 0.2) is 53.4 Å². The van der Waals surface area contributed by atoms with Gasteiger partial charge in [0.25, 0.3) is 0 Å². The summed E-state index contributed by atoms with van der Waals surface area (Å²) < 4.78 is 0. The van der Waals surface area contributed by atoms with Crippen LogP contribution in [0.1, 0.15) is 18.4 Å². The highest BCUT2D eigenvalue weighted by molar-refractivity contribution is 8.00. The molecule has 1 aliphatic carbocycles. The van der Waals surface area contributed by atoms with Crippen LogP contribution in [0.4, 0.5) is 11.4 Å². The van der Waals surface area contributed by atoms with Gasteiger partial charge in [-0.2, -0.15) is 0 Å². The SMILES string of the molecule is Cc1ccccc1SCC(=O)Nc1ccc(NC(=O)C2CC2)cc1. The molecule has 5 heteroatoms. The van der Waals surface area contributed by atoms with Crippen molar-refractivity contribution in [2.45, 2.75) is 24.7 Å². The minimum Gasteiger partial charge on any atom is -0.326 e. The maximum absolute atomic E-state index is 12.1. The van der Waals surface area contributed by atoms with Gasteiger partial charge in [0.2, 0.25) is 11.8 Å². The van der Waals surface area contributed by atoms with E-state index in [0.29, 0.717) is 5.75 Å². The molecule has 0 spiro atoms. The Kier molecular flexibility index (Phi) is 5.20. The Bertz CT molecular complexity index is 739. The molecule has 0 atom stereocenters. The Morgan fingerprint density at radius 2 is 1.62 bits per heavy atom. The lowest BCUT2D eigenvalue weighted by atomic mass is 10.2. The van der Waals surface area contributed by atoms with Crippen molar-refractivity contribution in [2.24, 2.45) is 5.92 Å². The first-order valence-electron chi connectivity index (χ1n) is 8.01. The van der Waals surface area contributed by atoms with Crippen molar-refractivity contribution < 1.29 is 9.59 Å². The summed E-state index contributed by atoms with van der Waals surface area (Å²) >= 11 is 1.53. The Hall–Kier alpha value is -2.27. The van der Waals surface area contributed by atoms with Crippen LogP contribution in [0.3, 0.4) is 0 Å². The fraction of sp³-hybridized carbons (Fsp3) is 0.263. The molecule has 1 saturated carbocycles. The van der Waals surface area contributed by atoms with E-state index >= 15 is 0 Å². The summed E-state index contributed by atoms with van der Waals surface area (Å²) in [6.07, 6.45) is 1.97. The van der Waals surface area contributed by atoms with Crippen LogP contribution in [0.2, 0.25) is 0 Å². The molecule has 2 amide bonds. The maximum Gasteiger partial charge on any atom is 0.234 e. The summed E-state index contributed by atoms with van der Waals surface area (Å²) in [6, 6.07) is 15.2. The average molecular weight is 340 g/mol. The summed E-state index contributed by atoms with van der Waals surface area (Å²) in [5.41, 5.74) is 2.67. The molecule has 4 nitrogen and oxygen atoms in total. The Labute approximate surface area is 146 Å². The zero-order valence-corrected chi connectivity index (χ0v) is 14.4. The van der Waals surface area contributed by atoms with Gasteiger partial charge in [-0.25, -0.2) is 0 Å². The van der Waals surface area contributed by atoms with E-state index in [0.717, 1.165) is 29.1 Å². The van der Waals surface area contributed by atoms with Gasteiger partial charge in [-0.1, -0.05) is 18.2 Å². The van der Waals surface area contributed by atoms with Crippen molar-refractivity contribution >= 4 is 35.0 Å². The minimum absolute atomic E-state index is 0.0435. The molecule has 0 aromatic heterocycles. The summed E-state index contributed by atoms with van der Waals surface area (Å²) in [6.45, 7) is 2.04. The second-order valence-electron chi connectivity index (χ2n) is 5.94. The van der Waals surface area contributed by atoms with Crippen LogP contribution in [-0.2, 0) is 9.59 Å². The Balaban J connectivity index is 1.49. The molecule has 2 N–H and O–H groups in total. The van der Waals surface area contributed by atoms with Crippen LogP contribution in [-0.4, -0.2) is 17.6 Å². The lowest BCUT2D eigenvalue weighted by molar-refractivity contribution is -0.117. The van der Waals surface area contributed by atoms with E-state index < -0.39 is 0 Å². The molecule has 0 unspecified atom stereocenters. The number of carbonyl (C=O) groups excluding carboxylic acids is 2. The summed E-state index contributed by atoms with van der Waals surface area (Å²) in [5.74, 6) is 0.590. The van der Waals surface area contributed by atoms with Gasteiger partial charge >= 0.3 is 0 Å². The van der Waals surface area contributed by atoms with Crippen LogP contribution in [0.5, 0.6) is 0 Å². The average Bonchev–Trinajstić information content (AvgIpc) is 3.41. The van der Waals surface area contributed by atoms with Crippen molar-refractivity contribution in [3.8, 4) is 0 Å². The number of amides is 2. The molecule has 1 fully saturated rings. The van der Waals surface area contributed by atoms with E-state index in [2.05, 4.69) is 10.6 Å². The fourth-order valence-corrected chi connectivity index (χ4v) is 3.11. The highest BCUT2D eigenvalue weighted by atomic mass is 32.2. The van der Waals surface area contributed by atoms with E-state index in [1.807, 2.05) is 43.3 Å². The molecule has 124 valence electrons. The summed E-state index contributed by atoms with van der Waals surface area (Å²) in [7, 11) is 0. The van der Waals surface area contributed by atoms with Gasteiger partial charge < -0.3 is 10.6 Å². The standard InChI is InChI=1S/C19H20N2O2S/c1-13-4-2-3-5-17(13)24-12-18(22)20-15-8-10-16(11-9-15)21-19(23)14-6-7-14/h2-5,8-11,14H,6-7,12H2,1H3,(H,20,22)(H,21,23). The normalized spacial score (nSPS) is 13.4. The Morgan fingerprint density at radius 3 is 2.25 bits per heavy atom. The van der Waals surface area contributed by atoms with E-state index in [-0.39, 0.29) is 17.7 Å². The predicted octanol–water partition coefficient (Wildman–Crippen LogP) is 4.07. The van der Waals surface area contributed by atoms with Gasteiger partial charge in [-0.05, 0) is 55.7 Å². The van der Waals surface area contributed by atoms with Gasteiger partial charge in [0, 0.05) is 22.2 Å². The number of thioether (sulfide) groups is 1. The predicted molar refractivity (Wildman–Crippen MR) is 98.3 cm³/mol. The second kappa shape index (κ2) is 7.53. The third kappa shape index (κ3) is 4.61. The van der Waals surface area contributed by atoms with Crippen LogP contribution in [0.25, 0.3) is 0 Å². The van der Waals surface area contributed by atoms with Crippen LogP contribution < -0.4 is 10.6 Å². The zero-order chi connectivity index (χ0) is 16.9. The van der Waals surface area contributed by atoms with Gasteiger partial charge in [0.1, 0.15) is 0 Å². The largest absolute Gasteiger partial charge is 0.326 e. The van der Waals surface area contributed by atoms with Crippen LogP contribution >= 0.6 is 11.8 Å². The van der Waals surface area contributed by atoms with E-state index in [9.17, 15) is 9.59 Å². The van der Waals surface area contributed by atoms with Crippen molar-refractivity contribution in [3.63, 3.8) is 0 Å². The monoisotopic (exact) mass is 340 g/mol. The molecule has 2 aromatic carbocycles. The van der Waals surface area contributed by atoms with Crippen molar-refractivity contribution in [2.75, 3.05) is 16.4 Å². The Morgan fingerprint density at radius 1 is 1.00 bits per heavy atom. The number of hydrogen-bond donors (Lipinski definition) is 2. The molecule has 0 aliphatic heterocycles. The highest BCUT2D eigenvalue weighted by Gasteiger charge is 2.29. The number of anilines is 2. The lowest BCUT2D eigenvalue weighted by Gasteiger charge is -2.08. The molecule has 0 bridgehead atoms. The molecular weight excluding hydrogens is 320 g/mol. The van der Waals surface area contributed by atoms with Gasteiger partial charge in [-0.3, -0.25) is 9.59 Å². The number of nitrogens with one attached hydrogen (secondary N) is 2. The second-order valence-corrected chi connectivity index (χ2v) is 6.96. The molecular formula is C19H20N2O2S. The summed E-state index contributed by atoms with van der Waals surface area (Å²) in [4.78, 5) is 24.9. The number of benzene rings is 2. The van der Waals surface area contributed by atoms with Gasteiger partial charge in [-0.15, -0.1) is 11.8 Å². The summed E-state index contributed by atoms with van der Waals surface area (Å²) in [5, 5.41) is 5.76. The lowest BCUT2D eigenvalue weighted by Crippen LogP contribution is -2.15. The number of rotatable bonds is 6. The van der Waals surface area contributed by atoms with E-state index in [1.54, 1.807) is 12.1 Å². The quantitative estimate of drug-likeness (QED) is 0.779. The molecule has 1 aliphatic rings. The highest BCUT2D eigenvalue weighted by Crippen LogP contribution is 2.30. The zero-order valence-electron chi connectivity index (χ0n) is 13.5. The van der Waals surface area contributed by atoms with E-state index in [4.69, 9.17) is 0 Å². The van der Waals surface area contributed by atoms with Crippen molar-refractivity contribution in [1.29, 1.82) is 0 Å². The molecule has 0 heterocycles. The molecule has 3 rings (SSSR count).